The van der Waals surface area contributed by atoms with Gasteiger partial charge >= 0.3 is 0 Å². The fourth-order valence-electron chi connectivity index (χ4n) is 2.80. The molecule has 0 aliphatic heterocycles. The molecule has 0 aliphatic rings. The number of ether oxygens (including phenoxy) is 1. The zero-order chi connectivity index (χ0) is 17.9. The molecule has 1 amide bonds. The molecular weight excluding hydrogens is 312 g/mol. The molecule has 1 heterocycles. The average Bonchev–Trinajstić information content (AvgIpc) is 2.64. The number of benzene rings is 1. The number of fused-ring (bicyclic) bond motifs is 1. The lowest BCUT2D eigenvalue weighted by Crippen LogP contribution is -2.31. The fourth-order valence-corrected chi connectivity index (χ4v) is 2.80. The predicted molar refractivity (Wildman–Crippen MR) is 101 cm³/mol. The number of amides is 1. The quantitative estimate of drug-likeness (QED) is 0.742. The number of para-hydroxylation sites is 1. The highest BCUT2D eigenvalue weighted by Crippen LogP contribution is 2.22. The van der Waals surface area contributed by atoms with Crippen LogP contribution in [0.2, 0.25) is 0 Å². The van der Waals surface area contributed by atoms with Crippen molar-refractivity contribution in [1.29, 1.82) is 0 Å². The summed E-state index contributed by atoms with van der Waals surface area (Å²) in [5.41, 5.74) is 0.835. The largest absolute Gasteiger partial charge is 0.479 e. The van der Waals surface area contributed by atoms with E-state index in [4.69, 9.17) is 4.74 Å². The minimum atomic E-state index is 0.106. The van der Waals surface area contributed by atoms with Crippen molar-refractivity contribution in [2.24, 2.45) is 5.92 Å². The van der Waals surface area contributed by atoms with Gasteiger partial charge in [0.05, 0.1) is 6.54 Å². The molecule has 4 heteroatoms. The number of carbonyl (C=O) groups excluding carboxylic acids is 1. The minimum Gasteiger partial charge on any atom is -0.479 e. The summed E-state index contributed by atoms with van der Waals surface area (Å²) < 4.78 is 5.70. The van der Waals surface area contributed by atoms with Crippen molar-refractivity contribution < 1.29 is 9.53 Å². The van der Waals surface area contributed by atoms with Crippen LogP contribution in [0.1, 0.15) is 39.5 Å². The second-order valence-electron chi connectivity index (χ2n) is 5.97. The van der Waals surface area contributed by atoms with E-state index >= 15 is 0 Å². The Kier molecular flexibility index (Phi) is 7.78. The summed E-state index contributed by atoms with van der Waals surface area (Å²) in [6.07, 6.45) is 5.67. The number of aromatic nitrogens is 1. The van der Waals surface area contributed by atoms with Crippen molar-refractivity contribution in [2.45, 2.75) is 39.5 Å². The molecule has 0 atom stereocenters. The lowest BCUT2D eigenvalue weighted by molar-refractivity contribution is -0.125. The van der Waals surface area contributed by atoms with E-state index < -0.39 is 0 Å². The van der Waals surface area contributed by atoms with Crippen LogP contribution in [0.25, 0.3) is 10.9 Å². The Labute approximate surface area is 150 Å². The van der Waals surface area contributed by atoms with Crippen molar-refractivity contribution >= 4 is 16.8 Å². The first-order valence-electron chi connectivity index (χ1n) is 8.96. The third kappa shape index (κ3) is 5.79. The molecule has 4 nitrogen and oxygen atoms in total. The van der Waals surface area contributed by atoms with Gasteiger partial charge in [0, 0.05) is 17.5 Å². The predicted octanol–water partition coefficient (Wildman–Crippen LogP) is 3.95. The molecular formula is C21H26N2O2. The Hall–Kier alpha value is -2.54. The summed E-state index contributed by atoms with van der Waals surface area (Å²) in [7, 11) is 0. The first kappa shape index (κ1) is 18.8. The lowest BCUT2D eigenvalue weighted by Gasteiger charge is -2.13. The minimum absolute atomic E-state index is 0.106. The van der Waals surface area contributed by atoms with Crippen LogP contribution < -0.4 is 10.1 Å². The SMILES string of the molecule is CCCC(CCC)C(=O)NCC#CCOc1cccc2cccnc12. The Morgan fingerprint density at radius 2 is 1.92 bits per heavy atom. The van der Waals surface area contributed by atoms with E-state index in [0.717, 1.165) is 42.3 Å². The molecule has 0 radical (unpaired) electrons. The van der Waals surface area contributed by atoms with Gasteiger partial charge in [-0.1, -0.05) is 56.7 Å². The number of hydrogen-bond donors (Lipinski definition) is 1. The number of nitrogens with zero attached hydrogens (tertiary/aromatic N) is 1. The zero-order valence-electron chi connectivity index (χ0n) is 15.0. The second-order valence-corrected chi connectivity index (χ2v) is 5.97. The highest BCUT2D eigenvalue weighted by atomic mass is 16.5. The molecule has 1 aromatic carbocycles. The highest BCUT2D eigenvalue weighted by molar-refractivity contribution is 5.84. The van der Waals surface area contributed by atoms with Gasteiger partial charge in [-0.3, -0.25) is 9.78 Å². The van der Waals surface area contributed by atoms with Crippen molar-refractivity contribution in [2.75, 3.05) is 13.2 Å². The van der Waals surface area contributed by atoms with Gasteiger partial charge in [0.1, 0.15) is 17.9 Å². The van der Waals surface area contributed by atoms with E-state index in [1.54, 1.807) is 6.20 Å². The first-order valence-corrected chi connectivity index (χ1v) is 8.96. The van der Waals surface area contributed by atoms with E-state index in [-0.39, 0.29) is 18.4 Å². The lowest BCUT2D eigenvalue weighted by atomic mass is 9.97. The summed E-state index contributed by atoms with van der Waals surface area (Å²) in [4.78, 5) is 16.4. The maximum Gasteiger partial charge on any atom is 0.223 e. The number of pyridine rings is 1. The van der Waals surface area contributed by atoms with Crippen LogP contribution in [0.4, 0.5) is 0 Å². The Bertz CT molecular complexity index is 735. The first-order chi connectivity index (χ1) is 12.3. The van der Waals surface area contributed by atoms with Crippen LogP contribution in [0.15, 0.2) is 36.5 Å². The van der Waals surface area contributed by atoms with E-state index in [2.05, 4.69) is 36.0 Å². The van der Waals surface area contributed by atoms with Gasteiger partial charge in [0.25, 0.3) is 0 Å². The van der Waals surface area contributed by atoms with Crippen LogP contribution in [0.5, 0.6) is 5.75 Å². The molecule has 0 aliphatic carbocycles. The van der Waals surface area contributed by atoms with E-state index in [0.29, 0.717) is 6.54 Å². The maximum atomic E-state index is 12.1. The molecule has 2 aromatic rings. The molecule has 0 saturated carbocycles. The van der Waals surface area contributed by atoms with Crippen LogP contribution >= 0.6 is 0 Å². The molecule has 0 spiro atoms. The van der Waals surface area contributed by atoms with Crippen LogP contribution in [-0.4, -0.2) is 24.0 Å². The fraction of sp³-hybridized carbons (Fsp3) is 0.429. The molecule has 0 fully saturated rings. The van der Waals surface area contributed by atoms with Crippen LogP contribution in [-0.2, 0) is 4.79 Å². The van der Waals surface area contributed by atoms with Crippen LogP contribution in [0.3, 0.4) is 0 Å². The standard InChI is InChI=1S/C21H26N2O2/c1-3-9-18(10-4-2)21(24)23-14-5-6-16-25-19-13-7-11-17-12-8-15-22-20(17)19/h7-8,11-13,15,18H,3-4,9-10,14,16H2,1-2H3,(H,23,24). The van der Waals surface area contributed by atoms with Gasteiger partial charge < -0.3 is 10.1 Å². The van der Waals surface area contributed by atoms with Crippen molar-refractivity contribution in [3.63, 3.8) is 0 Å². The Morgan fingerprint density at radius 1 is 1.16 bits per heavy atom. The molecule has 2 rings (SSSR count). The number of nitrogens with one attached hydrogen (secondary N) is 1. The Morgan fingerprint density at radius 3 is 2.68 bits per heavy atom. The molecule has 1 aromatic heterocycles. The van der Waals surface area contributed by atoms with Gasteiger partial charge in [-0.15, -0.1) is 0 Å². The Balaban J connectivity index is 1.80. The van der Waals surface area contributed by atoms with Gasteiger partial charge in [-0.25, -0.2) is 0 Å². The van der Waals surface area contributed by atoms with Gasteiger partial charge in [-0.05, 0) is 25.0 Å². The second kappa shape index (κ2) is 10.4. The molecule has 25 heavy (non-hydrogen) atoms. The van der Waals surface area contributed by atoms with Crippen molar-refractivity contribution in [3.8, 4) is 17.6 Å². The summed E-state index contributed by atoms with van der Waals surface area (Å²) in [6, 6.07) is 9.73. The van der Waals surface area contributed by atoms with Gasteiger partial charge in [-0.2, -0.15) is 0 Å². The summed E-state index contributed by atoms with van der Waals surface area (Å²) in [5.74, 6) is 6.83. The van der Waals surface area contributed by atoms with E-state index in [1.807, 2.05) is 30.3 Å². The third-order valence-electron chi connectivity index (χ3n) is 4.02. The zero-order valence-corrected chi connectivity index (χ0v) is 15.0. The summed E-state index contributed by atoms with van der Waals surface area (Å²) in [6.45, 7) is 4.85. The van der Waals surface area contributed by atoms with Gasteiger partial charge in [0.2, 0.25) is 5.91 Å². The normalized spacial score (nSPS) is 10.4. The topological polar surface area (TPSA) is 51.2 Å². The van der Waals surface area contributed by atoms with E-state index in [9.17, 15) is 4.79 Å². The molecule has 0 saturated heterocycles. The van der Waals surface area contributed by atoms with Crippen molar-refractivity contribution in [1.82, 2.24) is 10.3 Å². The monoisotopic (exact) mass is 338 g/mol. The van der Waals surface area contributed by atoms with Crippen LogP contribution in [0, 0.1) is 17.8 Å². The number of carbonyl (C=O) groups is 1. The molecule has 0 bridgehead atoms. The van der Waals surface area contributed by atoms with Crippen molar-refractivity contribution in [3.05, 3.63) is 36.5 Å². The van der Waals surface area contributed by atoms with E-state index in [1.165, 1.54) is 0 Å². The smallest absolute Gasteiger partial charge is 0.223 e. The highest BCUT2D eigenvalue weighted by Gasteiger charge is 2.15. The van der Waals surface area contributed by atoms with Gasteiger partial charge in [0.15, 0.2) is 0 Å². The number of hydrogen-bond acceptors (Lipinski definition) is 3. The summed E-state index contributed by atoms with van der Waals surface area (Å²) in [5, 5.41) is 3.94. The summed E-state index contributed by atoms with van der Waals surface area (Å²) >= 11 is 0. The molecule has 1 N–H and O–H groups in total. The average molecular weight is 338 g/mol. The number of rotatable bonds is 8. The molecule has 132 valence electrons. The molecule has 0 unspecified atom stereocenters. The third-order valence-corrected chi connectivity index (χ3v) is 4.02. The maximum absolute atomic E-state index is 12.1.